The van der Waals surface area contributed by atoms with Crippen molar-refractivity contribution in [3.8, 4) is 0 Å². The van der Waals surface area contributed by atoms with E-state index in [0.29, 0.717) is 31.8 Å². The Hall–Kier alpha value is -1.70. The van der Waals surface area contributed by atoms with Crippen LogP contribution in [0, 0.1) is 0 Å². The van der Waals surface area contributed by atoms with E-state index in [9.17, 15) is 4.79 Å². The van der Waals surface area contributed by atoms with Gasteiger partial charge in [0.2, 0.25) is 0 Å². The van der Waals surface area contributed by atoms with Crippen molar-refractivity contribution < 1.29 is 9.53 Å². The molecule has 1 amide bonds. The summed E-state index contributed by atoms with van der Waals surface area (Å²) in [7, 11) is 0. The van der Waals surface area contributed by atoms with Crippen LogP contribution in [0.4, 0.5) is 4.79 Å². The number of nitrogens with one attached hydrogen (secondary N) is 1. The highest BCUT2D eigenvalue weighted by atomic mass is 16.6. The van der Waals surface area contributed by atoms with E-state index in [1.54, 1.807) is 4.90 Å². The van der Waals surface area contributed by atoms with Gasteiger partial charge in [0.25, 0.3) is 0 Å². The van der Waals surface area contributed by atoms with Gasteiger partial charge >= 0.3 is 6.09 Å². The molecule has 1 aromatic rings. The highest BCUT2D eigenvalue weighted by Gasteiger charge is 2.38. The number of H-pyrrole nitrogens is 1. The van der Waals surface area contributed by atoms with Crippen molar-refractivity contribution in [3.63, 3.8) is 0 Å². The fourth-order valence-electron chi connectivity index (χ4n) is 2.01. The van der Waals surface area contributed by atoms with E-state index in [0.717, 1.165) is 0 Å². The van der Waals surface area contributed by atoms with Crippen molar-refractivity contribution in [3.05, 3.63) is 5.82 Å². The van der Waals surface area contributed by atoms with Crippen LogP contribution in [-0.2, 0) is 10.3 Å². The van der Waals surface area contributed by atoms with Crippen molar-refractivity contribution in [2.24, 2.45) is 5.73 Å². The number of carbonyl (C=O) groups excluding carboxylic acids is 1. The average molecular weight is 268 g/mol. The van der Waals surface area contributed by atoms with E-state index in [-0.39, 0.29) is 6.09 Å². The Balaban J connectivity index is 1.94. The SMILES string of the molecule is CC(C)(C)OC(=O)N1CCC(N)(c2nn[nH]n2)CC1. The lowest BCUT2D eigenvalue weighted by Gasteiger charge is -2.37. The zero-order valence-corrected chi connectivity index (χ0v) is 11.5. The van der Waals surface area contributed by atoms with Gasteiger partial charge in [-0.15, -0.1) is 10.2 Å². The lowest BCUT2D eigenvalue weighted by molar-refractivity contribution is 0.0162. The van der Waals surface area contributed by atoms with Crippen molar-refractivity contribution in [2.45, 2.75) is 44.8 Å². The van der Waals surface area contributed by atoms with Gasteiger partial charge in [-0.05, 0) is 33.6 Å². The number of amides is 1. The number of likely N-dealkylation sites (tertiary alicyclic amines) is 1. The van der Waals surface area contributed by atoms with Gasteiger partial charge in [-0.1, -0.05) is 5.21 Å². The Bertz CT molecular complexity index is 431. The zero-order chi connectivity index (χ0) is 14.1. The lowest BCUT2D eigenvalue weighted by Crippen LogP contribution is -2.51. The van der Waals surface area contributed by atoms with E-state index in [2.05, 4.69) is 20.6 Å². The molecular formula is C11H20N6O2. The number of aromatic nitrogens is 4. The minimum absolute atomic E-state index is 0.303. The predicted molar refractivity (Wildman–Crippen MR) is 67.1 cm³/mol. The minimum atomic E-state index is -0.620. The molecule has 0 unspecified atom stereocenters. The van der Waals surface area contributed by atoms with Crippen molar-refractivity contribution in [2.75, 3.05) is 13.1 Å². The standard InChI is InChI=1S/C11H20N6O2/c1-10(2,3)19-9(18)17-6-4-11(12,5-7-17)8-13-15-16-14-8/h4-7,12H2,1-3H3,(H,13,14,15,16). The van der Waals surface area contributed by atoms with E-state index in [1.807, 2.05) is 20.8 Å². The number of piperidine rings is 1. The van der Waals surface area contributed by atoms with Gasteiger partial charge in [-0.25, -0.2) is 4.79 Å². The number of hydrogen-bond acceptors (Lipinski definition) is 6. The highest BCUT2D eigenvalue weighted by molar-refractivity contribution is 5.68. The van der Waals surface area contributed by atoms with Crippen LogP contribution in [0.3, 0.4) is 0 Å². The van der Waals surface area contributed by atoms with E-state index in [4.69, 9.17) is 10.5 Å². The third-order valence-electron chi connectivity index (χ3n) is 3.10. The molecule has 1 saturated heterocycles. The first-order valence-electron chi connectivity index (χ1n) is 6.31. The number of rotatable bonds is 1. The predicted octanol–water partition coefficient (Wildman–Crippen LogP) is 0.385. The van der Waals surface area contributed by atoms with Crippen LogP contribution >= 0.6 is 0 Å². The minimum Gasteiger partial charge on any atom is -0.444 e. The maximum Gasteiger partial charge on any atom is 0.410 e. The first-order valence-corrected chi connectivity index (χ1v) is 6.31. The molecule has 0 radical (unpaired) electrons. The van der Waals surface area contributed by atoms with Gasteiger partial charge in [0.15, 0.2) is 5.82 Å². The molecule has 0 spiro atoms. The number of hydrogen-bond donors (Lipinski definition) is 2. The summed E-state index contributed by atoms with van der Waals surface area (Å²) in [5.74, 6) is 0.497. The molecule has 0 bridgehead atoms. The first kappa shape index (κ1) is 13.7. The Morgan fingerprint density at radius 3 is 2.53 bits per heavy atom. The van der Waals surface area contributed by atoms with Crippen LogP contribution in [0.2, 0.25) is 0 Å². The molecule has 2 heterocycles. The second-order valence-electron chi connectivity index (χ2n) is 5.86. The monoisotopic (exact) mass is 268 g/mol. The molecule has 0 saturated carbocycles. The molecule has 8 nitrogen and oxygen atoms in total. The quantitative estimate of drug-likeness (QED) is 0.762. The Kier molecular flexibility index (Phi) is 3.44. The molecule has 8 heteroatoms. The van der Waals surface area contributed by atoms with Crippen molar-refractivity contribution in [1.82, 2.24) is 25.5 Å². The van der Waals surface area contributed by atoms with Crippen LogP contribution in [0.15, 0.2) is 0 Å². The Morgan fingerprint density at radius 1 is 1.42 bits per heavy atom. The third-order valence-corrected chi connectivity index (χ3v) is 3.10. The molecular weight excluding hydrogens is 248 g/mol. The maximum atomic E-state index is 11.9. The zero-order valence-electron chi connectivity index (χ0n) is 11.5. The van der Waals surface area contributed by atoms with Gasteiger partial charge in [-0.2, -0.15) is 5.21 Å². The molecule has 0 atom stereocenters. The van der Waals surface area contributed by atoms with Gasteiger partial charge in [0.05, 0.1) is 5.54 Å². The van der Waals surface area contributed by atoms with Crippen LogP contribution in [0.25, 0.3) is 0 Å². The van der Waals surface area contributed by atoms with Gasteiger partial charge in [0.1, 0.15) is 5.60 Å². The molecule has 1 aliphatic rings. The summed E-state index contributed by atoms with van der Waals surface area (Å²) in [6.07, 6.45) is 0.875. The van der Waals surface area contributed by atoms with Crippen LogP contribution in [-0.4, -0.2) is 50.3 Å². The summed E-state index contributed by atoms with van der Waals surface area (Å²) in [6.45, 7) is 6.60. The van der Waals surface area contributed by atoms with Crippen LogP contribution in [0.1, 0.15) is 39.4 Å². The fraction of sp³-hybridized carbons (Fsp3) is 0.818. The number of nitrogens with two attached hydrogens (primary N) is 1. The number of carbonyl (C=O) groups is 1. The van der Waals surface area contributed by atoms with Gasteiger partial charge < -0.3 is 15.4 Å². The molecule has 3 N–H and O–H groups in total. The molecule has 1 aromatic heterocycles. The normalized spacial score (nSPS) is 19.3. The van der Waals surface area contributed by atoms with Gasteiger partial charge in [-0.3, -0.25) is 0 Å². The average Bonchev–Trinajstić information content (AvgIpc) is 2.81. The molecule has 2 rings (SSSR count). The second kappa shape index (κ2) is 4.76. The number of nitrogens with zero attached hydrogens (tertiary/aromatic N) is 4. The lowest BCUT2D eigenvalue weighted by atomic mass is 9.88. The molecule has 0 aliphatic carbocycles. The Labute approximate surface area is 111 Å². The van der Waals surface area contributed by atoms with E-state index in [1.165, 1.54) is 0 Å². The van der Waals surface area contributed by atoms with E-state index < -0.39 is 11.1 Å². The fourth-order valence-corrected chi connectivity index (χ4v) is 2.01. The summed E-state index contributed by atoms with van der Waals surface area (Å²) in [5.41, 5.74) is 5.15. The van der Waals surface area contributed by atoms with Crippen molar-refractivity contribution >= 4 is 6.09 Å². The summed E-state index contributed by atoms with van der Waals surface area (Å²) in [5, 5.41) is 13.8. The summed E-state index contributed by atoms with van der Waals surface area (Å²) < 4.78 is 5.33. The van der Waals surface area contributed by atoms with E-state index >= 15 is 0 Å². The number of ether oxygens (including phenoxy) is 1. The first-order chi connectivity index (χ1) is 8.80. The Morgan fingerprint density at radius 2 is 2.05 bits per heavy atom. The smallest absolute Gasteiger partial charge is 0.410 e. The number of aromatic amines is 1. The number of tetrazole rings is 1. The van der Waals surface area contributed by atoms with Gasteiger partial charge in [0, 0.05) is 13.1 Å². The molecule has 0 aromatic carbocycles. The van der Waals surface area contributed by atoms with Crippen LogP contribution < -0.4 is 5.73 Å². The van der Waals surface area contributed by atoms with Crippen LogP contribution in [0.5, 0.6) is 0 Å². The topological polar surface area (TPSA) is 110 Å². The summed E-state index contributed by atoms with van der Waals surface area (Å²) in [4.78, 5) is 13.6. The van der Waals surface area contributed by atoms with Crippen molar-refractivity contribution in [1.29, 1.82) is 0 Å². The highest BCUT2D eigenvalue weighted by Crippen LogP contribution is 2.28. The molecule has 1 fully saturated rings. The molecule has 106 valence electrons. The second-order valence-corrected chi connectivity index (χ2v) is 5.86. The molecule has 19 heavy (non-hydrogen) atoms. The maximum absolute atomic E-state index is 11.9. The largest absolute Gasteiger partial charge is 0.444 e. The summed E-state index contributed by atoms with van der Waals surface area (Å²) >= 11 is 0. The molecule has 1 aliphatic heterocycles. The third kappa shape index (κ3) is 3.19. The summed E-state index contributed by atoms with van der Waals surface area (Å²) in [6, 6.07) is 0.